The molecule has 2 aromatic carbocycles. The van der Waals surface area contributed by atoms with Crippen molar-refractivity contribution in [1.29, 1.82) is 0 Å². The number of aryl methyl sites for hydroxylation is 1. The molecule has 2 amide bonds. The number of nitrogens with one attached hydrogen (secondary N) is 2. The number of pyridine rings is 1. The number of carbonyl (C=O) groups is 2. The van der Waals surface area contributed by atoms with Crippen molar-refractivity contribution in [1.82, 2.24) is 20.1 Å². The van der Waals surface area contributed by atoms with Gasteiger partial charge in [0.25, 0.3) is 11.8 Å². The van der Waals surface area contributed by atoms with E-state index >= 15 is 0 Å². The maximum Gasteiger partial charge on any atom is 0.269 e. The van der Waals surface area contributed by atoms with Gasteiger partial charge in [-0.2, -0.15) is 5.10 Å². The van der Waals surface area contributed by atoms with Gasteiger partial charge < -0.3 is 20.5 Å². The molecule has 2 aliphatic rings. The fourth-order valence-electron chi connectivity index (χ4n) is 4.92. The van der Waals surface area contributed by atoms with E-state index in [1.54, 1.807) is 29.1 Å². The van der Waals surface area contributed by atoms with E-state index in [1.807, 2.05) is 37.3 Å². The van der Waals surface area contributed by atoms with Crippen molar-refractivity contribution < 1.29 is 23.8 Å². The summed E-state index contributed by atoms with van der Waals surface area (Å²) in [7, 11) is 0. The van der Waals surface area contributed by atoms with Gasteiger partial charge in [0.15, 0.2) is 0 Å². The Morgan fingerprint density at radius 2 is 1.98 bits per heavy atom. The number of hydrogen-bond acceptors (Lipinski definition) is 7. The molecule has 11 heteroatoms. The number of halogens is 1. The number of para-hydroxylation sites is 1. The molecular formula is C30H27FN6O4. The van der Waals surface area contributed by atoms with Gasteiger partial charge in [-0.1, -0.05) is 49.4 Å². The smallest absolute Gasteiger partial charge is 0.269 e. The monoisotopic (exact) mass is 554 g/mol. The Labute approximate surface area is 234 Å². The number of benzene rings is 2. The number of hydrogen-bond donors (Lipinski definition) is 3. The minimum atomic E-state index is -1.39. The van der Waals surface area contributed by atoms with Crippen LogP contribution in [0.25, 0.3) is 11.3 Å². The number of anilines is 1. The molecule has 2 aliphatic heterocycles. The lowest BCUT2D eigenvalue weighted by Crippen LogP contribution is -2.42. The minimum absolute atomic E-state index is 0.0130. The molecule has 0 saturated heterocycles. The topological polar surface area (TPSA) is 131 Å². The molecule has 4 heterocycles. The molecule has 2 aromatic heterocycles. The van der Waals surface area contributed by atoms with E-state index < -0.39 is 23.8 Å². The first-order valence-corrected chi connectivity index (χ1v) is 13.3. The number of aromatic nitrogens is 3. The summed E-state index contributed by atoms with van der Waals surface area (Å²) in [6, 6.07) is 17.2. The van der Waals surface area contributed by atoms with Gasteiger partial charge >= 0.3 is 0 Å². The van der Waals surface area contributed by atoms with Crippen LogP contribution in [0.15, 0.2) is 71.9 Å². The summed E-state index contributed by atoms with van der Waals surface area (Å²) in [5.41, 5.74) is 3.29. The van der Waals surface area contributed by atoms with Crippen LogP contribution in [0.3, 0.4) is 0 Å². The van der Waals surface area contributed by atoms with Crippen LogP contribution in [-0.4, -0.2) is 56.8 Å². The molecule has 0 radical (unpaired) electrons. The quantitative estimate of drug-likeness (QED) is 0.336. The number of aliphatic imine (C=N–C) groups is 1. The molecule has 6 rings (SSSR count). The second-order valence-corrected chi connectivity index (χ2v) is 9.83. The molecule has 1 unspecified atom stereocenters. The number of nitrogens with zero attached hydrogens (tertiary/aromatic N) is 4. The van der Waals surface area contributed by atoms with Crippen molar-refractivity contribution in [2.45, 2.75) is 26.1 Å². The summed E-state index contributed by atoms with van der Waals surface area (Å²) in [5.74, 6) is -1.93. The van der Waals surface area contributed by atoms with Gasteiger partial charge in [-0.05, 0) is 24.6 Å². The highest BCUT2D eigenvalue weighted by molar-refractivity contribution is 6.20. The SMILES string of the molecule is CCc1ccc(-c2nn3c(c2C(=O)N[C@H]2N=C(c4ccccc4)c4cccc(F)c4NC2=O)OCC(CO)C3)cn1. The average molecular weight is 555 g/mol. The molecule has 0 spiro atoms. The molecule has 0 aliphatic carbocycles. The third-order valence-corrected chi connectivity index (χ3v) is 7.08. The predicted molar refractivity (Wildman–Crippen MR) is 149 cm³/mol. The zero-order valence-electron chi connectivity index (χ0n) is 22.2. The molecule has 10 nitrogen and oxygen atoms in total. The Balaban J connectivity index is 1.41. The van der Waals surface area contributed by atoms with Crippen LogP contribution in [0.2, 0.25) is 0 Å². The minimum Gasteiger partial charge on any atom is -0.477 e. The van der Waals surface area contributed by atoms with E-state index in [2.05, 4.69) is 25.7 Å². The summed E-state index contributed by atoms with van der Waals surface area (Å²) in [6.07, 6.45) is 0.995. The summed E-state index contributed by atoms with van der Waals surface area (Å²) in [6.45, 7) is 2.44. The van der Waals surface area contributed by atoms with Gasteiger partial charge in [-0.15, -0.1) is 0 Å². The van der Waals surface area contributed by atoms with E-state index in [4.69, 9.17) is 4.74 Å². The first-order chi connectivity index (χ1) is 20.0. The second-order valence-electron chi connectivity index (χ2n) is 9.83. The van der Waals surface area contributed by atoms with Gasteiger partial charge in [-0.25, -0.2) is 14.1 Å². The molecular weight excluding hydrogens is 527 g/mol. The van der Waals surface area contributed by atoms with Gasteiger partial charge in [0.05, 0.1) is 31.2 Å². The van der Waals surface area contributed by atoms with E-state index in [9.17, 15) is 19.1 Å². The summed E-state index contributed by atoms with van der Waals surface area (Å²) < 4.78 is 22.3. The summed E-state index contributed by atoms with van der Waals surface area (Å²) in [5, 5.41) is 19.6. The number of amides is 2. The van der Waals surface area contributed by atoms with Crippen LogP contribution >= 0.6 is 0 Å². The van der Waals surface area contributed by atoms with E-state index in [0.29, 0.717) is 34.6 Å². The highest BCUT2D eigenvalue weighted by Gasteiger charge is 2.34. The zero-order chi connectivity index (χ0) is 28.5. The molecule has 0 saturated carbocycles. The van der Waals surface area contributed by atoms with Gasteiger partial charge in [0.1, 0.15) is 17.1 Å². The highest BCUT2D eigenvalue weighted by Crippen LogP contribution is 2.34. The highest BCUT2D eigenvalue weighted by atomic mass is 19.1. The number of fused-ring (bicyclic) bond motifs is 2. The van der Waals surface area contributed by atoms with Gasteiger partial charge in [-0.3, -0.25) is 14.6 Å². The van der Waals surface area contributed by atoms with Crippen LogP contribution < -0.4 is 15.4 Å². The molecule has 0 fully saturated rings. The summed E-state index contributed by atoms with van der Waals surface area (Å²) >= 11 is 0. The van der Waals surface area contributed by atoms with Crippen LogP contribution in [0.5, 0.6) is 5.88 Å². The fourth-order valence-corrected chi connectivity index (χ4v) is 4.92. The van der Waals surface area contributed by atoms with Crippen molar-refractivity contribution in [2.75, 3.05) is 18.5 Å². The molecule has 2 atom stereocenters. The lowest BCUT2D eigenvalue weighted by Gasteiger charge is -2.23. The number of carbonyl (C=O) groups excluding carboxylic acids is 2. The summed E-state index contributed by atoms with van der Waals surface area (Å²) in [4.78, 5) is 36.3. The Kier molecular flexibility index (Phi) is 7.02. The standard InChI is InChI=1S/C30H27FN6O4/c1-2-20-12-11-19(13-32-20)25-23(30-37(36-25)14-17(15-38)16-41-30)28(39)35-27-29(40)34-26-21(9-6-10-22(26)31)24(33-27)18-7-4-3-5-8-18/h3-13,17,27,38H,2,14-16H2,1H3,(H,34,40)(H,35,39)/t17?,27-/m1/s1. The number of rotatable bonds is 6. The van der Waals surface area contributed by atoms with Crippen LogP contribution in [0.1, 0.15) is 34.1 Å². The number of ether oxygens (including phenoxy) is 1. The first kappa shape index (κ1) is 26.3. The van der Waals surface area contributed by atoms with E-state index in [0.717, 1.165) is 12.1 Å². The average Bonchev–Trinajstić information content (AvgIpc) is 3.32. The number of benzodiazepines with no additional fused rings is 1. The maximum absolute atomic E-state index is 14.9. The van der Waals surface area contributed by atoms with E-state index in [1.165, 1.54) is 12.1 Å². The van der Waals surface area contributed by atoms with E-state index in [-0.39, 0.29) is 36.3 Å². The maximum atomic E-state index is 14.9. The van der Waals surface area contributed by atoms with Crippen molar-refractivity contribution in [3.05, 3.63) is 95.1 Å². The Bertz CT molecular complexity index is 1650. The third kappa shape index (κ3) is 4.95. The van der Waals surface area contributed by atoms with Crippen LogP contribution in [0.4, 0.5) is 10.1 Å². The zero-order valence-corrected chi connectivity index (χ0v) is 22.2. The Morgan fingerprint density at radius 1 is 1.15 bits per heavy atom. The third-order valence-electron chi connectivity index (χ3n) is 7.08. The lowest BCUT2D eigenvalue weighted by molar-refractivity contribution is -0.117. The van der Waals surface area contributed by atoms with Crippen molar-refractivity contribution in [2.24, 2.45) is 10.9 Å². The molecule has 3 N–H and O–H groups in total. The van der Waals surface area contributed by atoms with Crippen molar-refractivity contribution in [3.8, 4) is 17.1 Å². The van der Waals surface area contributed by atoms with Crippen molar-refractivity contribution >= 4 is 23.2 Å². The Hall–Kier alpha value is -4.90. The van der Waals surface area contributed by atoms with Gasteiger partial charge in [0, 0.05) is 34.5 Å². The molecule has 41 heavy (non-hydrogen) atoms. The predicted octanol–water partition coefficient (Wildman–Crippen LogP) is 3.19. The van der Waals surface area contributed by atoms with Crippen LogP contribution in [-0.2, 0) is 17.8 Å². The number of aliphatic hydroxyl groups excluding tert-OH is 1. The van der Waals surface area contributed by atoms with Crippen LogP contribution in [0, 0.1) is 11.7 Å². The number of aliphatic hydroxyl groups is 1. The van der Waals surface area contributed by atoms with Gasteiger partial charge in [0.2, 0.25) is 12.0 Å². The molecule has 4 aromatic rings. The molecule has 0 bridgehead atoms. The molecule has 208 valence electrons. The Morgan fingerprint density at radius 3 is 2.71 bits per heavy atom. The lowest BCUT2D eigenvalue weighted by atomic mass is 10.0. The largest absolute Gasteiger partial charge is 0.477 e. The fraction of sp³-hybridized carbons (Fsp3) is 0.233. The van der Waals surface area contributed by atoms with Crippen molar-refractivity contribution in [3.63, 3.8) is 0 Å². The second kappa shape index (κ2) is 10.9. The first-order valence-electron chi connectivity index (χ1n) is 13.3. The normalized spacial score (nSPS) is 17.8.